The zero-order chi connectivity index (χ0) is 8.04. The van der Waals surface area contributed by atoms with E-state index in [2.05, 4.69) is 4.18 Å². The fraction of sp³-hybridized carbons (Fsp3) is 1.00. The van der Waals surface area contributed by atoms with Crippen molar-refractivity contribution < 1.29 is 17.2 Å². The van der Waals surface area contributed by atoms with Crippen molar-refractivity contribution in [3.63, 3.8) is 0 Å². The molecule has 0 atom stereocenters. The maximum atomic E-state index is 9.93. The van der Waals surface area contributed by atoms with E-state index < -0.39 is 10.4 Å². The molecule has 4 nitrogen and oxygen atoms in total. The van der Waals surface area contributed by atoms with Crippen LogP contribution in [0.25, 0.3) is 0 Å². The Bertz CT molecular complexity index is 165. The van der Waals surface area contributed by atoms with Gasteiger partial charge in [-0.15, -0.1) is 0 Å². The summed E-state index contributed by atoms with van der Waals surface area (Å²) in [5.41, 5.74) is 0. The number of hydrogen-bond donors (Lipinski definition) is 1. The molecular formula is C5H13CsO4S. The first-order valence-corrected chi connectivity index (χ1v) is 4.54. The standard InChI is InChI=1S/C5H12O4S.Cs.H/c1-2-3-4-5-9-10(6,7)8;;/h2-5H2,1H3,(H,6,7,8);;. The Labute approximate surface area is 126 Å². The molecule has 0 unspecified atom stereocenters. The first-order chi connectivity index (χ1) is 4.56. The summed E-state index contributed by atoms with van der Waals surface area (Å²) in [5, 5.41) is 0. The molecule has 0 saturated carbocycles. The molecule has 0 amide bonds. The molecule has 0 spiro atoms. The molecule has 0 rings (SSSR count). The number of hydrogen-bond acceptors (Lipinski definition) is 3. The van der Waals surface area contributed by atoms with Gasteiger partial charge in [0, 0.05) is 0 Å². The van der Waals surface area contributed by atoms with E-state index in [1.165, 1.54) is 0 Å². The Morgan fingerprint density at radius 1 is 1.36 bits per heavy atom. The summed E-state index contributed by atoms with van der Waals surface area (Å²) in [6, 6.07) is 0. The normalized spacial score (nSPS) is 10.7. The molecular weight excluding hydrogens is 289 g/mol. The van der Waals surface area contributed by atoms with E-state index in [-0.39, 0.29) is 75.5 Å². The maximum absolute atomic E-state index is 9.93. The van der Waals surface area contributed by atoms with Gasteiger partial charge in [-0.1, -0.05) is 19.8 Å². The zero-order valence-electron chi connectivity index (χ0n) is 5.91. The molecule has 0 fully saturated rings. The minimum atomic E-state index is -4.20. The Balaban J connectivity index is 0. The van der Waals surface area contributed by atoms with Crippen molar-refractivity contribution in [2.24, 2.45) is 0 Å². The predicted octanol–water partition coefficient (Wildman–Crippen LogP) is 0.347. The van der Waals surface area contributed by atoms with Gasteiger partial charge in [0.05, 0.1) is 6.61 Å². The van der Waals surface area contributed by atoms with Crippen LogP contribution in [0.1, 0.15) is 26.2 Å². The second-order valence-corrected chi connectivity index (χ2v) is 3.05. The first-order valence-electron chi connectivity index (χ1n) is 3.18. The van der Waals surface area contributed by atoms with Crippen LogP contribution in [-0.2, 0) is 14.6 Å². The van der Waals surface area contributed by atoms with Crippen molar-refractivity contribution in [3.8, 4) is 0 Å². The predicted molar refractivity (Wildman–Crippen MR) is 44.2 cm³/mol. The van der Waals surface area contributed by atoms with Crippen LogP contribution in [0.2, 0.25) is 0 Å². The molecule has 0 aliphatic carbocycles. The van der Waals surface area contributed by atoms with Crippen molar-refractivity contribution in [3.05, 3.63) is 0 Å². The molecule has 0 bridgehead atoms. The Kier molecular flexibility index (Phi) is 11.9. The Hall–Kier alpha value is 1.92. The van der Waals surface area contributed by atoms with Crippen LogP contribution in [0.4, 0.5) is 0 Å². The third-order valence-corrected chi connectivity index (χ3v) is 1.44. The summed E-state index contributed by atoms with van der Waals surface area (Å²) >= 11 is 0. The number of rotatable bonds is 5. The van der Waals surface area contributed by atoms with Crippen molar-refractivity contribution >= 4 is 79.3 Å². The van der Waals surface area contributed by atoms with E-state index >= 15 is 0 Å². The van der Waals surface area contributed by atoms with Gasteiger partial charge in [-0.05, 0) is 6.42 Å². The molecule has 0 saturated heterocycles. The van der Waals surface area contributed by atoms with Crippen LogP contribution in [0.15, 0.2) is 0 Å². The van der Waals surface area contributed by atoms with Crippen molar-refractivity contribution in [1.29, 1.82) is 0 Å². The van der Waals surface area contributed by atoms with Crippen LogP contribution in [0, 0.1) is 0 Å². The molecule has 0 aliphatic heterocycles. The van der Waals surface area contributed by atoms with Gasteiger partial charge >= 0.3 is 79.3 Å². The molecule has 1 N–H and O–H groups in total. The van der Waals surface area contributed by atoms with E-state index in [0.717, 1.165) is 12.8 Å². The first kappa shape index (κ1) is 15.4. The molecule has 0 aromatic heterocycles. The fourth-order valence-electron chi connectivity index (χ4n) is 0.516. The summed E-state index contributed by atoms with van der Waals surface area (Å²) in [7, 11) is -4.20. The van der Waals surface area contributed by atoms with E-state index in [0.29, 0.717) is 6.42 Å². The van der Waals surface area contributed by atoms with Gasteiger partial charge in [0.2, 0.25) is 0 Å². The fourth-order valence-corrected chi connectivity index (χ4v) is 0.845. The van der Waals surface area contributed by atoms with Crippen molar-refractivity contribution in [2.45, 2.75) is 26.2 Å². The average Bonchev–Trinajstić information content (AvgIpc) is 1.78. The summed E-state index contributed by atoms with van der Waals surface area (Å²) in [4.78, 5) is 0. The van der Waals surface area contributed by atoms with Gasteiger partial charge in [0.25, 0.3) is 0 Å². The van der Waals surface area contributed by atoms with E-state index in [9.17, 15) is 8.42 Å². The van der Waals surface area contributed by atoms with Gasteiger partial charge < -0.3 is 0 Å². The number of unbranched alkanes of at least 4 members (excludes halogenated alkanes) is 2. The van der Waals surface area contributed by atoms with Crippen LogP contribution in [-0.4, -0.2) is 88.5 Å². The minimum absolute atomic E-state index is 0. The van der Waals surface area contributed by atoms with Crippen LogP contribution in [0.3, 0.4) is 0 Å². The molecule has 0 radical (unpaired) electrons. The third-order valence-electron chi connectivity index (χ3n) is 0.980. The molecule has 0 aromatic rings. The third kappa shape index (κ3) is 14.7. The van der Waals surface area contributed by atoms with Crippen molar-refractivity contribution in [1.82, 2.24) is 0 Å². The summed E-state index contributed by atoms with van der Waals surface area (Å²) in [5.74, 6) is 0. The van der Waals surface area contributed by atoms with E-state index in [1.807, 2.05) is 6.92 Å². The Morgan fingerprint density at radius 3 is 2.27 bits per heavy atom. The van der Waals surface area contributed by atoms with Crippen LogP contribution < -0.4 is 0 Å². The van der Waals surface area contributed by atoms with Gasteiger partial charge in [-0.25, -0.2) is 4.18 Å². The van der Waals surface area contributed by atoms with Crippen molar-refractivity contribution in [2.75, 3.05) is 6.61 Å². The Morgan fingerprint density at radius 2 is 1.91 bits per heavy atom. The zero-order valence-corrected chi connectivity index (χ0v) is 6.73. The van der Waals surface area contributed by atoms with Crippen LogP contribution >= 0.6 is 0 Å². The monoisotopic (exact) mass is 302 g/mol. The molecule has 6 heteroatoms. The summed E-state index contributed by atoms with van der Waals surface area (Å²) < 4.78 is 32.0. The van der Waals surface area contributed by atoms with Gasteiger partial charge in [0.15, 0.2) is 0 Å². The molecule has 0 aliphatic rings. The SMILES string of the molecule is CCCCCOS(=O)(=O)O.[CsH]. The molecule has 11 heavy (non-hydrogen) atoms. The summed E-state index contributed by atoms with van der Waals surface area (Å²) in [6.07, 6.45) is 2.57. The topological polar surface area (TPSA) is 63.6 Å². The van der Waals surface area contributed by atoms with Gasteiger partial charge in [0.1, 0.15) is 0 Å². The van der Waals surface area contributed by atoms with E-state index in [1.54, 1.807) is 0 Å². The van der Waals surface area contributed by atoms with Crippen LogP contribution in [0.5, 0.6) is 0 Å². The second-order valence-electron chi connectivity index (χ2n) is 1.96. The second kappa shape index (κ2) is 8.52. The molecule has 0 aromatic carbocycles. The molecule has 64 valence electrons. The molecule has 0 heterocycles. The average molecular weight is 302 g/mol. The van der Waals surface area contributed by atoms with Gasteiger partial charge in [-0.2, -0.15) is 8.42 Å². The summed E-state index contributed by atoms with van der Waals surface area (Å²) in [6.45, 7) is 2.07. The van der Waals surface area contributed by atoms with E-state index in [4.69, 9.17) is 4.55 Å². The quantitative estimate of drug-likeness (QED) is 0.588. The van der Waals surface area contributed by atoms with Gasteiger partial charge in [-0.3, -0.25) is 4.55 Å².